The first-order valence-electron chi connectivity index (χ1n) is 8.44. The zero-order chi connectivity index (χ0) is 20.5. The van der Waals surface area contributed by atoms with Crippen molar-refractivity contribution in [1.29, 1.82) is 0 Å². The van der Waals surface area contributed by atoms with Gasteiger partial charge in [-0.1, -0.05) is 47.6 Å². The minimum Gasteiger partial charge on any atom is -0.349 e. The smallest absolute Gasteiger partial charge is 0.176 e. The molecule has 0 fully saturated rings. The number of H-pyrrole nitrogens is 1. The number of rotatable bonds is 5. The van der Waals surface area contributed by atoms with E-state index in [0.717, 1.165) is 22.7 Å². The normalized spacial score (nSPS) is 11.5. The maximum atomic E-state index is 14.0. The fraction of sp³-hybridized carbons (Fsp3) is 0.0500. The highest BCUT2D eigenvalue weighted by molar-refractivity contribution is 8.03. The number of thioether (sulfide) groups is 1. The van der Waals surface area contributed by atoms with Crippen LogP contribution in [0.4, 0.5) is 8.78 Å². The van der Waals surface area contributed by atoms with Gasteiger partial charge in [-0.2, -0.15) is 0 Å². The molecule has 0 aliphatic carbocycles. The Kier molecular flexibility index (Phi) is 5.86. The van der Waals surface area contributed by atoms with E-state index >= 15 is 0 Å². The van der Waals surface area contributed by atoms with Crippen LogP contribution in [0.1, 0.15) is 0 Å². The van der Waals surface area contributed by atoms with Crippen molar-refractivity contribution in [2.75, 3.05) is 5.49 Å². The highest BCUT2D eigenvalue weighted by Crippen LogP contribution is 2.36. The summed E-state index contributed by atoms with van der Waals surface area (Å²) in [4.78, 5) is 25.7. The molecule has 0 unspecified atom stereocenters. The molecule has 1 aromatic heterocycles. The Hall–Kier alpha value is -2.02. The Morgan fingerprint density at radius 1 is 0.966 bits per heavy atom. The van der Waals surface area contributed by atoms with Crippen molar-refractivity contribution >= 4 is 42.8 Å². The monoisotopic (exact) mass is 450 g/mol. The largest absolute Gasteiger partial charge is 0.349 e. The molecule has 4 rings (SSSR count). The maximum absolute atomic E-state index is 14.0. The minimum absolute atomic E-state index is 0.164. The molecule has 29 heavy (non-hydrogen) atoms. The average Bonchev–Trinajstić information content (AvgIpc) is 3.08. The summed E-state index contributed by atoms with van der Waals surface area (Å²) in [6.45, 7) is 0. The molecule has 3 aromatic carbocycles. The second-order valence-electron chi connectivity index (χ2n) is 6.24. The number of aromatic nitrogens is 2. The van der Waals surface area contributed by atoms with Gasteiger partial charge >= 0.3 is 0 Å². The minimum atomic E-state index is -2.00. The second-order valence-corrected chi connectivity index (χ2v) is 9.10. The summed E-state index contributed by atoms with van der Waals surface area (Å²) in [5, 5.41) is 1.09. The molecule has 4 aromatic rings. The van der Waals surface area contributed by atoms with Crippen LogP contribution >= 0.6 is 31.7 Å². The van der Waals surface area contributed by atoms with Gasteiger partial charge in [0.05, 0.1) is 21.5 Å². The fourth-order valence-electron chi connectivity index (χ4n) is 2.97. The van der Waals surface area contributed by atoms with Gasteiger partial charge in [-0.3, -0.25) is 0 Å². The number of benzene rings is 3. The molecule has 3 N–H and O–H groups in total. The quantitative estimate of drug-likeness (QED) is 0.251. The first kappa shape index (κ1) is 20.3. The van der Waals surface area contributed by atoms with Crippen molar-refractivity contribution in [3.63, 3.8) is 0 Å². The van der Waals surface area contributed by atoms with Gasteiger partial charge in [0.1, 0.15) is 11.6 Å². The Bertz CT molecular complexity index is 1190. The first-order chi connectivity index (χ1) is 13.9. The summed E-state index contributed by atoms with van der Waals surface area (Å²) >= 11 is 7.66. The van der Waals surface area contributed by atoms with Crippen LogP contribution in [0.25, 0.3) is 33.3 Å². The number of imidazole rings is 1. The summed E-state index contributed by atoms with van der Waals surface area (Å²) in [7, 11) is -2.00. The van der Waals surface area contributed by atoms with Crippen molar-refractivity contribution in [3.05, 3.63) is 71.3 Å². The van der Waals surface area contributed by atoms with Crippen LogP contribution < -0.4 is 0 Å². The molecular weight excluding hydrogens is 437 g/mol. The standard InChI is InChI=1S/C20H14ClF2N2O2PS/c21-16-9-19-18(24-20(25-19)29-10-28(26)27)8-15(16)12-3-1-11(2-4-12)14-6-5-13(22)7-17(14)23/h1-9,26-27H,10H2,(H,24,25). The number of hydrogen-bond donors (Lipinski definition) is 3. The van der Waals surface area contributed by atoms with E-state index in [1.54, 1.807) is 18.2 Å². The topological polar surface area (TPSA) is 69.1 Å². The Balaban J connectivity index is 1.66. The lowest BCUT2D eigenvalue weighted by atomic mass is 9.99. The van der Waals surface area contributed by atoms with Crippen LogP contribution in [0.2, 0.25) is 5.02 Å². The zero-order valence-electron chi connectivity index (χ0n) is 14.7. The fourth-order valence-corrected chi connectivity index (χ4v) is 4.54. The van der Waals surface area contributed by atoms with Crippen molar-refractivity contribution in [2.45, 2.75) is 5.16 Å². The van der Waals surface area contributed by atoms with E-state index in [1.165, 1.54) is 23.9 Å². The third-order valence-corrected chi connectivity index (χ3v) is 6.52. The highest BCUT2D eigenvalue weighted by atomic mass is 35.5. The molecule has 0 spiro atoms. The predicted octanol–water partition coefficient (Wildman–Crippen LogP) is 6.17. The third kappa shape index (κ3) is 4.44. The van der Waals surface area contributed by atoms with Crippen LogP contribution in [0.5, 0.6) is 0 Å². The van der Waals surface area contributed by atoms with Crippen LogP contribution in [0, 0.1) is 11.6 Å². The van der Waals surface area contributed by atoms with E-state index in [9.17, 15) is 8.78 Å². The van der Waals surface area contributed by atoms with E-state index in [0.29, 0.717) is 26.8 Å². The number of hydrogen-bond acceptors (Lipinski definition) is 4. The van der Waals surface area contributed by atoms with E-state index in [-0.39, 0.29) is 5.49 Å². The molecule has 0 radical (unpaired) electrons. The number of aromatic amines is 1. The molecule has 0 saturated carbocycles. The number of nitrogens with zero attached hydrogens (tertiary/aromatic N) is 1. The summed E-state index contributed by atoms with van der Waals surface area (Å²) < 4.78 is 27.1. The van der Waals surface area contributed by atoms with E-state index in [1.807, 2.05) is 18.2 Å². The van der Waals surface area contributed by atoms with Crippen molar-refractivity contribution in [2.24, 2.45) is 0 Å². The Morgan fingerprint density at radius 3 is 2.31 bits per heavy atom. The van der Waals surface area contributed by atoms with Gasteiger partial charge in [-0.25, -0.2) is 13.8 Å². The molecule has 0 bridgehead atoms. The van der Waals surface area contributed by atoms with Crippen LogP contribution in [0.3, 0.4) is 0 Å². The van der Waals surface area contributed by atoms with Gasteiger partial charge in [0.2, 0.25) is 0 Å². The summed E-state index contributed by atoms with van der Waals surface area (Å²) in [5.74, 6) is -1.23. The maximum Gasteiger partial charge on any atom is 0.176 e. The summed E-state index contributed by atoms with van der Waals surface area (Å²) in [6, 6.07) is 14.2. The van der Waals surface area contributed by atoms with E-state index in [4.69, 9.17) is 21.4 Å². The molecule has 0 atom stereocenters. The van der Waals surface area contributed by atoms with Gasteiger partial charge in [-0.15, -0.1) is 0 Å². The molecular formula is C20H14ClF2N2O2PS. The molecule has 0 aliphatic rings. The summed E-state index contributed by atoms with van der Waals surface area (Å²) in [6.07, 6.45) is 0. The predicted molar refractivity (Wildman–Crippen MR) is 114 cm³/mol. The third-order valence-electron chi connectivity index (χ3n) is 4.30. The molecule has 0 aliphatic heterocycles. The van der Waals surface area contributed by atoms with E-state index in [2.05, 4.69) is 9.97 Å². The highest BCUT2D eigenvalue weighted by Gasteiger charge is 2.12. The molecule has 0 saturated heterocycles. The molecule has 0 amide bonds. The summed E-state index contributed by atoms with van der Waals surface area (Å²) in [5.41, 5.74) is 4.14. The van der Waals surface area contributed by atoms with Crippen LogP contribution in [-0.4, -0.2) is 25.2 Å². The first-order valence-corrected chi connectivity index (χ1v) is 11.2. The van der Waals surface area contributed by atoms with Crippen molar-refractivity contribution in [1.82, 2.24) is 9.97 Å². The Labute approximate surface area is 175 Å². The lowest BCUT2D eigenvalue weighted by Crippen LogP contribution is -1.87. The molecule has 1 heterocycles. The second kappa shape index (κ2) is 8.38. The number of nitrogens with one attached hydrogen (secondary N) is 1. The van der Waals surface area contributed by atoms with Crippen LogP contribution in [-0.2, 0) is 0 Å². The van der Waals surface area contributed by atoms with Gasteiger partial charge < -0.3 is 14.8 Å². The Morgan fingerprint density at radius 2 is 1.66 bits per heavy atom. The SMILES string of the molecule is OP(O)CSc1nc2cc(-c3ccc(-c4ccc(F)cc4F)cc3)c(Cl)cc2[nH]1. The van der Waals surface area contributed by atoms with Crippen molar-refractivity contribution in [3.8, 4) is 22.3 Å². The zero-order valence-corrected chi connectivity index (χ0v) is 17.2. The molecule has 4 nitrogen and oxygen atoms in total. The molecule has 9 heteroatoms. The van der Waals surface area contributed by atoms with Gasteiger partial charge in [0.15, 0.2) is 13.5 Å². The van der Waals surface area contributed by atoms with Gasteiger partial charge in [0.25, 0.3) is 0 Å². The van der Waals surface area contributed by atoms with Gasteiger partial charge in [-0.05, 0) is 35.4 Å². The lowest BCUT2D eigenvalue weighted by Gasteiger charge is -2.08. The van der Waals surface area contributed by atoms with Crippen molar-refractivity contribution < 1.29 is 18.6 Å². The number of fused-ring (bicyclic) bond motifs is 1. The van der Waals surface area contributed by atoms with Gasteiger partial charge in [0, 0.05) is 17.2 Å². The lowest BCUT2D eigenvalue weighted by molar-refractivity contribution is 0.489. The van der Waals surface area contributed by atoms with Crippen LogP contribution in [0.15, 0.2) is 59.8 Å². The average molecular weight is 451 g/mol. The molecule has 148 valence electrons. The van der Waals surface area contributed by atoms with E-state index < -0.39 is 20.0 Å². The number of halogens is 3.